The molecule has 0 unspecified atom stereocenters. The van der Waals surface area contributed by atoms with Gasteiger partial charge in [-0.1, -0.05) is 18.6 Å². The predicted octanol–water partition coefficient (Wildman–Crippen LogP) is 1.68. The van der Waals surface area contributed by atoms with Crippen LogP contribution in [0, 0.1) is 6.92 Å². The van der Waals surface area contributed by atoms with Gasteiger partial charge in [0.1, 0.15) is 0 Å². The molecule has 0 atom stereocenters. The maximum atomic E-state index is 12.1. The van der Waals surface area contributed by atoms with Gasteiger partial charge in [0.25, 0.3) is 5.91 Å². The number of anilines is 1. The lowest BCUT2D eigenvalue weighted by Crippen LogP contribution is -2.37. The maximum absolute atomic E-state index is 12.1. The van der Waals surface area contributed by atoms with E-state index >= 15 is 0 Å². The highest BCUT2D eigenvalue weighted by molar-refractivity contribution is 6.01. The van der Waals surface area contributed by atoms with Crippen molar-refractivity contribution in [3.63, 3.8) is 0 Å². The first-order valence-electron chi connectivity index (χ1n) is 6.97. The zero-order valence-corrected chi connectivity index (χ0v) is 12.4. The van der Waals surface area contributed by atoms with Crippen molar-refractivity contribution in [1.29, 1.82) is 0 Å². The highest BCUT2D eigenvalue weighted by atomic mass is 16.2. The van der Waals surface area contributed by atoms with E-state index in [1.165, 1.54) is 0 Å². The van der Waals surface area contributed by atoms with Gasteiger partial charge in [-0.25, -0.2) is 0 Å². The molecule has 20 heavy (non-hydrogen) atoms. The van der Waals surface area contributed by atoms with Crippen LogP contribution in [0.15, 0.2) is 18.2 Å². The number of carbonyl (C=O) groups excluding carboxylic acids is 2. The Hall–Kier alpha value is -2.04. The molecule has 0 fully saturated rings. The van der Waals surface area contributed by atoms with Crippen LogP contribution < -0.4 is 16.0 Å². The molecule has 3 N–H and O–H groups in total. The average molecular weight is 277 g/mol. The molecule has 1 rings (SSSR count). The van der Waals surface area contributed by atoms with E-state index in [0.717, 1.165) is 24.2 Å². The summed E-state index contributed by atoms with van der Waals surface area (Å²) in [6, 6.07) is 5.64. The SMILES string of the molecule is CCCNC(=O)CNC(=O)c1cc(C)ccc1NCC. The van der Waals surface area contributed by atoms with Gasteiger partial charge in [-0.3, -0.25) is 9.59 Å². The number of rotatable bonds is 7. The summed E-state index contributed by atoms with van der Waals surface area (Å²) < 4.78 is 0. The Kier molecular flexibility index (Phi) is 6.56. The van der Waals surface area contributed by atoms with E-state index < -0.39 is 0 Å². The van der Waals surface area contributed by atoms with E-state index in [0.29, 0.717) is 12.1 Å². The highest BCUT2D eigenvalue weighted by Gasteiger charge is 2.12. The summed E-state index contributed by atoms with van der Waals surface area (Å²) >= 11 is 0. The summed E-state index contributed by atoms with van der Waals surface area (Å²) in [4.78, 5) is 23.6. The van der Waals surface area contributed by atoms with Crippen molar-refractivity contribution in [3.05, 3.63) is 29.3 Å². The molecule has 0 aliphatic heterocycles. The van der Waals surface area contributed by atoms with E-state index in [9.17, 15) is 9.59 Å². The van der Waals surface area contributed by atoms with Crippen LogP contribution in [0.1, 0.15) is 36.2 Å². The first-order valence-corrected chi connectivity index (χ1v) is 6.97. The van der Waals surface area contributed by atoms with Crippen LogP contribution >= 0.6 is 0 Å². The third kappa shape index (κ3) is 4.91. The number of hydrogen-bond acceptors (Lipinski definition) is 3. The molecule has 5 heteroatoms. The molecule has 0 aliphatic rings. The molecular formula is C15H23N3O2. The van der Waals surface area contributed by atoms with Crippen LogP contribution in [0.2, 0.25) is 0 Å². The van der Waals surface area contributed by atoms with Gasteiger partial charge in [-0.05, 0) is 32.4 Å². The van der Waals surface area contributed by atoms with Gasteiger partial charge in [-0.15, -0.1) is 0 Å². The molecule has 0 heterocycles. The Balaban J connectivity index is 2.66. The minimum atomic E-state index is -0.240. The van der Waals surface area contributed by atoms with Gasteiger partial charge in [0, 0.05) is 18.8 Å². The summed E-state index contributed by atoms with van der Waals surface area (Å²) in [7, 11) is 0. The molecule has 1 aromatic carbocycles. The average Bonchev–Trinajstić information content (AvgIpc) is 2.44. The van der Waals surface area contributed by atoms with Gasteiger partial charge in [0.05, 0.1) is 12.1 Å². The first-order chi connectivity index (χ1) is 9.58. The van der Waals surface area contributed by atoms with Crippen molar-refractivity contribution >= 4 is 17.5 Å². The smallest absolute Gasteiger partial charge is 0.253 e. The topological polar surface area (TPSA) is 70.2 Å². The largest absolute Gasteiger partial charge is 0.385 e. The first kappa shape index (κ1) is 16.0. The number of carbonyl (C=O) groups is 2. The molecular weight excluding hydrogens is 254 g/mol. The number of nitrogens with one attached hydrogen (secondary N) is 3. The number of hydrogen-bond donors (Lipinski definition) is 3. The predicted molar refractivity (Wildman–Crippen MR) is 81.0 cm³/mol. The number of aryl methyl sites for hydroxylation is 1. The van der Waals surface area contributed by atoms with Crippen LogP contribution in [0.4, 0.5) is 5.69 Å². The van der Waals surface area contributed by atoms with Crippen molar-refractivity contribution in [2.45, 2.75) is 27.2 Å². The van der Waals surface area contributed by atoms with Crippen molar-refractivity contribution in [1.82, 2.24) is 10.6 Å². The van der Waals surface area contributed by atoms with E-state index in [1.54, 1.807) is 0 Å². The fraction of sp³-hybridized carbons (Fsp3) is 0.467. The lowest BCUT2D eigenvalue weighted by Gasteiger charge is -2.12. The Labute approximate surface area is 120 Å². The van der Waals surface area contributed by atoms with Crippen LogP contribution in [0.5, 0.6) is 0 Å². The third-order valence-corrected chi connectivity index (χ3v) is 2.77. The summed E-state index contributed by atoms with van der Waals surface area (Å²) in [5.41, 5.74) is 2.35. The fourth-order valence-corrected chi connectivity index (χ4v) is 1.77. The molecule has 0 saturated heterocycles. The highest BCUT2D eigenvalue weighted by Crippen LogP contribution is 2.17. The Morgan fingerprint density at radius 3 is 2.55 bits per heavy atom. The zero-order chi connectivity index (χ0) is 15.0. The fourth-order valence-electron chi connectivity index (χ4n) is 1.77. The minimum Gasteiger partial charge on any atom is -0.385 e. The monoisotopic (exact) mass is 277 g/mol. The number of amides is 2. The number of benzene rings is 1. The summed E-state index contributed by atoms with van der Waals surface area (Å²) in [6.07, 6.45) is 0.877. The molecule has 0 radical (unpaired) electrons. The van der Waals surface area contributed by atoms with Crippen LogP contribution in [-0.4, -0.2) is 31.4 Å². The zero-order valence-electron chi connectivity index (χ0n) is 12.4. The minimum absolute atomic E-state index is 0.00165. The van der Waals surface area contributed by atoms with Gasteiger partial charge in [-0.2, -0.15) is 0 Å². The lowest BCUT2D eigenvalue weighted by atomic mass is 10.1. The molecule has 2 amide bonds. The molecule has 1 aromatic rings. The van der Waals surface area contributed by atoms with Crippen molar-refractivity contribution < 1.29 is 9.59 Å². The Morgan fingerprint density at radius 1 is 1.15 bits per heavy atom. The molecule has 0 saturated carbocycles. The van der Waals surface area contributed by atoms with Gasteiger partial charge in [0.15, 0.2) is 0 Å². The molecule has 110 valence electrons. The third-order valence-electron chi connectivity index (χ3n) is 2.77. The van der Waals surface area contributed by atoms with E-state index in [4.69, 9.17) is 0 Å². The second kappa shape index (κ2) is 8.19. The Bertz CT molecular complexity index is 472. The van der Waals surface area contributed by atoms with Gasteiger partial charge >= 0.3 is 0 Å². The molecule has 0 aromatic heterocycles. The van der Waals surface area contributed by atoms with Crippen LogP contribution in [-0.2, 0) is 4.79 Å². The standard InChI is InChI=1S/C15H23N3O2/c1-4-8-17-14(19)10-18-15(20)12-9-11(3)6-7-13(12)16-5-2/h6-7,9,16H,4-5,8,10H2,1-3H3,(H,17,19)(H,18,20). The van der Waals surface area contributed by atoms with Gasteiger partial charge in [0.2, 0.25) is 5.91 Å². The summed E-state index contributed by atoms with van der Waals surface area (Å²) in [5, 5.41) is 8.51. The van der Waals surface area contributed by atoms with Crippen LogP contribution in [0.3, 0.4) is 0 Å². The summed E-state index contributed by atoms with van der Waals surface area (Å²) in [6.45, 7) is 7.24. The normalized spacial score (nSPS) is 9.95. The van der Waals surface area contributed by atoms with E-state index in [1.807, 2.05) is 39.0 Å². The maximum Gasteiger partial charge on any atom is 0.253 e. The van der Waals surface area contributed by atoms with Crippen molar-refractivity contribution in [3.8, 4) is 0 Å². The molecule has 0 spiro atoms. The molecule has 0 aliphatic carbocycles. The molecule has 5 nitrogen and oxygen atoms in total. The summed E-state index contributed by atoms with van der Waals surface area (Å²) in [5.74, 6) is -0.408. The Morgan fingerprint density at radius 2 is 1.90 bits per heavy atom. The van der Waals surface area contributed by atoms with E-state index in [-0.39, 0.29) is 18.4 Å². The van der Waals surface area contributed by atoms with Crippen molar-refractivity contribution in [2.75, 3.05) is 25.0 Å². The van der Waals surface area contributed by atoms with Crippen LogP contribution in [0.25, 0.3) is 0 Å². The molecule has 0 bridgehead atoms. The quantitative estimate of drug-likeness (QED) is 0.710. The van der Waals surface area contributed by atoms with Crippen molar-refractivity contribution in [2.24, 2.45) is 0 Å². The van der Waals surface area contributed by atoms with E-state index in [2.05, 4.69) is 16.0 Å². The van der Waals surface area contributed by atoms with Gasteiger partial charge < -0.3 is 16.0 Å². The lowest BCUT2D eigenvalue weighted by molar-refractivity contribution is -0.120. The second-order valence-electron chi connectivity index (χ2n) is 4.61. The second-order valence-corrected chi connectivity index (χ2v) is 4.61.